The number of carbonyl (C=O) groups is 1. The Morgan fingerprint density at radius 2 is 2.41 bits per heavy atom. The van der Waals surface area contributed by atoms with E-state index in [0.717, 1.165) is 12.6 Å². The number of carbonyl (C=O) groups excluding carboxylic acids is 1. The summed E-state index contributed by atoms with van der Waals surface area (Å²) in [7, 11) is 0. The molecule has 0 fully saturated rings. The number of rotatable bonds is 2. The lowest BCUT2D eigenvalue weighted by Crippen LogP contribution is -2.42. The first-order valence-electron chi connectivity index (χ1n) is 5.80. The zero-order chi connectivity index (χ0) is 12.4. The van der Waals surface area contributed by atoms with Crippen LogP contribution < -0.4 is 10.6 Å². The third kappa shape index (κ3) is 2.44. The van der Waals surface area contributed by atoms with Gasteiger partial charge in [-0.1, -0.05) is 20.3 Å². The van der Waals surface area contributed by atoms with Crippen molar-refractivity contribution in [3.8, 4) is 0 Å². The van der Waals surface area contributed by atoms with Crippen LogP contribution in [0.3, 0.4) is 0 Å². The summed E-state index contributed by atoms with van der Waals surface area (Å²) in [6.07, 6.45) is 2.07. The van der Waals surface area contributed by atoms with Crippen LogP contribution in [0.25, 0.3) is 0 Å². The first-order chi connectivity index (χ1) is 8.11. The number of amides is 1. The minimum atomic E-state index is -0.439. The predicted octanol–water partition coefficient (Wildman–Crippen LogP) is 1.68. The van der Waals surface area contributed by atoms with Crippen LogP contribution in [0.15, 0.2) is 12.3 Å². The molecule has 0 saturated carbocycles. The molecule has 0 radical (unpaired) electrons. The molecule has 0 aliphatic carbocycles. The molecule has 2 atom stereocenters. The summed E-state index contributed by atoms with van der Waals surface area (Å²) >= 11 is 0. The van der Waals surface area contributed by atoms with E-state index in [1.807, 2.05) is 13.8 Å². The summed E-state index contributed by atoms with van der Waals surface area (Å²) in [6, 6.07) is 1.05. The molecule has 1 aromatic heterocycles. The normalized spacial score (nSPS) is 21.4. The first kappa shape index (κ1) is 12.0. The summed E-state index contributed by atoms with van der Waals surface area (Å²) in [5, 5.41) is 5.89. The maximum Gasteiger partial charge on any atom is 0.241 e. The molecule has 5 heteroatoms. The van der Waals surface area contributed by atoms with Crippen molar-refractivity contribution in [2.24, 2.45) is 5.92 Å². The van der Waals surface area contributed by atoms with E-state index in [9.17, 15) is 9.18 Å². The molecular weight excluding hydrogens is 221 g/mol. The van der Waals surface area contributed by atoms with Crippen LogP contribution >= 0.6 is 0 Å². The van der Waals surface area contributed by atoms with E-state index in [1.165, 1.54) is 6.07 Å². The van der Waals surface area contributed by atoms with E-state index in [-0.39, 0.29) is 17.9 Å². The predicted molar refractivity (Wildman–Crippen MR) is 62.9 cm³/mol. The second kappa shape index (κ2) is 4.79. The van der Waals surface area contributed by atoms with Crippen LogP contribution in [0.1, 0.15) is 26.0 Å². The Bertz CT molecular complexity index is 436. The second-order valence-electron chi connectivity index (χ2n) is 4.38. The zero-order valence-electron chi connectivity index (χ0n) is 9.96. The van der Waals surface area contributed by atoms with Crippen LogP contribution in [0.2, 0.25) is 0 Å². The number of pyridine rings is 1. The number of fused-ring (bicyclic) bond motifs is 1. The molecule has 1 amide bonds. The number of halogens is 1. The van der Waals surface area contributed by atoms with Gasteiger partial charge in [-0.05, 0) is 5.92 Å². The highest BCUT2D eigenvalue weighted by atomic mass is 19.1. The van der Waals surface area contributed by atoms with Gasteiger partial charge in [0, 0.05) is 12.6 Å². The van der Waals surface area contributed by atoms with Gasteiger partial charge in [-0.3, -0.25) is 15.1 Å². The molecule has 0 saturated heterocycles. The lowest BCUT2D eigenvalue weighted by atomic mass is 9.99. The van der Waals surface area contributed by atoms with Crippen molar-refractivity contribution in [2.45, 2.75) is 32.9 Å². The number of nitrogens with one attached hydrogen (secondary N) is 2. The molecule has 1 aliphatic heterocycles. The highest BCUT2D eigenvalue weighted by molar-refractivity contribution is 5.96. The van der Waals surface area contributed by atoms with Crippen molar-refractivity contribution < 1.29 is 9.18 Å². The quantitative estimate of drug-likeness (QED) is 0.822. The van der Waals surface area contributed by atoms with Gasteiger partial charge in [0.25, 0.3) is 0 Å². The van der Waals surface area contributed by atoms with E-state index in [0.29, 0.717) is 17.9 Å². The molecule has 0 spiro atoms. The number of anilines is 1. The number of hydrogen-bond donors (Lipinski definition) is 2. The van der Waals surface area contributed by atoms with E-state index in [2.05, 4.69) is 15.6 Å². The maximum atomic E-state index is 13.0. The lowest BCUT2D eigenvalue weighted by Gasteiger charge is -2.20. The van der Waals surface area contributed by atoms with Gasteiger partial charge in [-0.25, -0.2) is 4.39 Å². The van der Waals surface area contributed by atoms with Gasteiger partial charge >= 0.3 is 0 Å². The second-order valence-corrected chi connectivity index (χ2v) is 4.38. The Hall–Kier alpha value is -1.49. The monoisotopic (exact) mass is 237 g/mol. The Morgan fingerprint density at radius 3 is 3.12 bits per heavy atom. The van der Waals surface area contributed by atoms with Crippen LogP contribution in [-0.4, -0.2) is 16.9 Å². The highest BCUT2D eigenvalue weighted by Gasteiger charge is 2.27. The SMILES string of the molecule is CC[C@H](C)[C@@H]1NCc2ncc(F)cc2NC1=O. The summed E-state index contributed by atoms with van der Waals surface area (Å²) in [5.41, 5.74) is 1.14. The number of nitrogens with zero attached hydrogens (tertiary/aromatic N) is 1. The fourth-order valence-electron chi connectivity index (χ4n) is 1.92. The summed E-state index contributed by atoms with van der Waals surface area (Å²) in [4.78, 5) is 15.9. The third-order valence-corrected chi connectivity index (χ3v) is 3.18. The molecule has 17 heavy (non-hydrogen) atoms. The van der Waals surface area contributed by atoms with Gasteiger partial charge < -0.3 is 5.32 Å². The van der Waals surface area contributed by atoms with E-state index < -0.39 is 5.82 Å². The average molecular weight is 237 g/mol. The summed E-state index contributed by atoms with van der Waals surface area (Å²) in [6.45, 7) is 4.53. The smallest absolute Gasteiger partial charge is 0.241 e. The topological polar surface area (TPSA) is 54.0 Å². The van der Waals surface area contributed by atoms with Gasteiger partial charge in [-0.2, -0.15) is 0 Å². The van der Waals surface area contributed by atoms with E-state index >= 15 is 0 Å². The van der Waals surface area contributed by atoms with E-state index in [1.54, 1.807) is 0 Å². The van der Waals surface area contributed by atoms with Gasteiger partial charge in [0.15, 0.2) is 0 Å². The fourth-order valence-corrected chi connectivity index (χ4v) is 1.92. The zero-order valence-corrected chi connectivity index (χ0v) is 9.96. The van der Waals surface area contributed by atoms with Crippen LogP contribution in [-0.2, 0) is 11.3 Å². The first-order valence-corrected chi connectivity index (χ1v) is 5.80. The van der Waals surface area contributed by atoms with Crippen molar-refractivity contribution in [2.75, 3.05) is 5.32 Å². The minimum absolute atomic E-state index is 0.120. The van der Waals surface area contributed by atoms with Crippen LogP contribution in [0, 0.1) is 11.7 Å². The molecule has 2 rings (SSSR count). The maximum absolute atomic E-state index is 13.0. The molecule has 0 unspecified atom stereocenters. The Labute approximate surface area is 99.6 Å². The van der Waals surface area contributed by atoms with Gasteiger partial charge in [0.2, 0.25) is 5.91 Å². The molecular formula is C12H16FN3O. The minimum Gasteiger partial charge on any atom is -0.323 e. The van der Waals surface area contributed by atoms with Crippen molar-refractivity contribution >= 4 is 11.6 Å². The van der Waals surface area contributed by atoms with Gasteiger partial charge in [0.05, 0.1) is 23.6 Å². The number of hydrogen-bond acceptors (Lipinski definition) is 3. The van der Waals surface area contributed by atoms with E-state index in [4.69, 9.17) is 0 Å². The molecule has 2 N–H and O–H groups in total. The fraction of sp³-hybridized carbons (Fsp3) is 0.500. The summed E-state index contributed by atoms with van der Waals surface area (Å²) < 4.78 is 13.0. The molecule has 4 nitrogen and oxygen atoms in total. The Kier molecular flexibility index (Phi) is 3.38. The molecule has 1 aromatic rings. The molecule has 0 bridgehead atoms. The van der Waals surface area contributed by atoms with Gasteiger partial charge in [-0.15, -0.1) is 0 Å². The van der Waals surface area contributed by atoms with Crippen molar-refractivity contribution in [1.29, 1.82) is 0 Å². The Morgan fingerprint density at radius 1 is 1.65 bits per heavy atom. The van der Waals surface area contributed by atoms with Crippen molar-refractivity contribution in [3.05, 3.63) is 23.8 Å². The highest BCUT2D eigenvalue weighted by Crippen LogP contribution is 2.20. The lowest BCUT2D eigenvalue weighted by molar-refractivity contribution is -0.119. The molecule has 0 aromatic carbocycles. The van der Waals surface area contributed by atoms with Crippen molar-refractivity contribution in [1.82, 2.24) is 10.3 Å². The number of aromatic nitrogens is 1. The molecule has 1 aliphatic rings. The largest absolute Gasteiger partial charge is 0.323 e. The third-order valence-electron chi connectivity index (χ3n) is 3.18. The molecule has 92 valence electrons. The molecule has 2 heterocycles. The Balaban J connectivity index is 2.25. The standard InChI is InChI=1S/C12H16FN3O/c1-3-7(2)11-12(17)16-9-4-8(13)5-14-10(9)6-15-11/h4-5,7,11,15H,3,6H2,1-2H3,(H,16,17)/t7-,11-/m0/s1. The van der Waals surface area contributed by atoms with Gasteiger partial charge in [0.1, 0.15) is 5.82 Å². The van der Waals surface area contributed by atoms with Crippen molar-refractivity contribution in [3.63, 3.8) is 0 Å². The van der Waals surface area contributed by atoms with Crippen LogP contribution in [0.5, 0.6) is 0 Å². The average Bonchev–Trinajstić information content (AvgIpc) is 2.46. The summed E-state index contributed by atoms with van der Waals surface area (Å²) in [5.74, 6) is -0.328. The van der Waals surface area contributed by atoms with Crippen LogP contribution in [0.4, 0.5) is 10.1 Å².